The molecule has 0 saturated carbocycles. The highest BCUT2D eigenvalue weighted by atomic mass is 16.5. The summed E-state index contributed by atoms with van der Waals surface area (Å²) in [6, 6.07) is 1.07. The van der Waals surface area contributed by atoms with Crippen molar-refractivity contribution in [1.29, 1.82) is 0 Å². The Morgan fingerprint density at radius 2 is 2.30 bits per heavy atom. The molecule has 2 aromatic heterocycles. The maximum absolute atomic E-state index is 5.43. The molecule has 1 saturated heterocycles. The standard InChI is InChI=1S/C14H21N5O/c1-10(2)13-16-14(20-17-13)19-7-4-5-12(19)9-18-8-6-15-11(18)3/h6,8,10,12H,4-5,7,9H2,1-3H3/t12-/m0/s1. The highest BCUT2D eigenvalue weighted by Gasteiger charge is 2.29. The van der Waals surface area contributed by atoms with Crippen LogP contribution in [0.25, 0.3) is 0 Å². The van der Waals surface area contributed by atoms with Gasteiger partial charge in [-0.3, -0.25) is 0 Å². The number of aryl methyl sites for hydroxylation is 1. The Kier molecular flexibility index (Phi) is 3.46. The zero-order valence-corrected chi connectivity index (χ0v) is 12.3. The van der Waals surface area contributed by atoms with Crippen LogP contribution in [0.3, 0.4) is 0 Å². The van der Waals surface area contributed by atoms with E-state index in [-0.39, 0.29) is 0 Å². The van der Waals surface area contributed by atoms with Crippen molar-refractivity contribution in [2.24, 2.45) is 0 Å². The van der Waals surface area contributed by atoms with Crippen molar-refractivity contribution >= 4 is 6.01 Å². The number of hydrogen-bond donors (Lipinski definition) is 0. The lowest BCUT2D eigenvalue weighted by molar-refractivity contribution is 0.394. The molecule has 1 atom stereocenters. The molecule has 20 heavy (non-hydrogen) atoms. The van der Waals surface area contributed by atoms with Crippen molar-refractivity contribution in [3.8, 4) is 0 Å². The molecule has 3 heterocycles. The molecule has 0 spiro atoms. The van der Waals surface area contributed by atoms with Crippen LogP contribution in [-0.2, 0) is 6.54 Å². The van der Waals surface area contributed by atoms with Crippen LogP contribution in [0.1, 0.15) is 44.3 Å². The lowest BCUT2D eigenvalue weighted by Crippen LogP contribution is -2.33. The predicted octanol–water partition coefficient (Wildman–Crippen LogP) is 2.37. The number of nitrogens with zero attached hydrogens (tertiary/aromatic N) is 5. The van der Waals surface area contributed by atoms with E-state index < -0.39 is 0 Å². The van der Waals surface area contributed by atoms with E-state index in [4.69, 9.17) is 4.52 Å². The van der Waals surface area contributed by atoms with Crippen LogP contribution in [0.4, 0.5) is 6.01 Å². The summed E-state index contributed by atoms with van der Waals surface area (Å²) in [4.78, 5) is 11.0. The van der Waals surface area contributed by atoms with Gasteiger partial charge >= 0.3 is 6.01 Å². The second-order valence-electron chi connectivity index (χ2n) is 5.71. The molecule has 2 aromatic rings. The lowest BCUT2D eigenvalue weighted by Gasteiger charge is -2.23. The second-order valence-corrected chi connectivity index (χ2v) is 5.71. The molecule has 0 amide bonds. The molecule has 0 aliphatic carbocycles. The maximum atomic E-state index is 5.43. The van der Waals surface area contributed by atoms with E-state index in [1.165, 1.54) is 0 Å². The molecule has 1 aliphatic heterocycles. The topological polar surface area (TPSA) is 60.0 Å². The van der Waals surface area contributed by atoms with Crippen molar-refractivity contribution in [3.63, 3.8) is 0 Å². The summed E-state index contributed by atoms with van der Waals surface area (Å²) >= 11 is 0. The lowest BCUT2D eigenvalue weighted by atomic mass is 10.2. The summed E-state index contributed by atoms with van der Waals surface area (Å²) in [5.74, 6) is 2.12. The Morgan fingerprint density at radius 3 is 2.95 bits per heavy atom. The number of aromatic nitrogens is 4. The predicted molar refractivity (Wildman–Crippen MR) is 75.7 cm³/mol. The minimum Gasteiger partial charge on any atom is -0.333 e. The van der Waals surface area contributed by atoms with E-state index in [2.05, 4.69) is 38.4 Å². The smallest absolute Gasteiger partial charge is 0.324 e. The van der Waals surface area contributed by atoms with Crippen LogP contribution in [0, 0.1) is 6.92 Å². The monoisotopic (exact) mass is 275 g/mol. The molecule has 0 bridgehead atoms. The maximum Gasteiger partial charge on any atom is 0.324 e. The zero-order chi connectivity index (χ0) is 14.1. The first kappa shape index (κ1) is 13.1. The minimum atomic E-state index is 0.296. The molecule has 6 heteroatoms. The summed E-state index contributed by atoms with van der Waals surface area (Å²) < 4.78 is 7.61. The van der Waals surface area contributed by atoms with Crippen LogP contribution >= 0.6 is 0 Å². The van der Waals surface area contributed by atoms with Crippen molar-refractivity contribution in [3.05, 3.63) is 24.0 Å². The van der Waals surface area contributed by atoms with Crippen molar-refractivity contribution in [1.82, 2.24) is 19.7 Å². The number of rotatable bonds is 4. The van der Waals surface area contributed by atoms with Gasteiger partial charge in [-0.2, -0.15) is 4.98 Å². The molecule has 108 valence electrons. The Labute approximate surface area is 118 Å². The summed E-state index contributed by atoms with van der Waals surface area (Å²) in [5.41, 5.74) is 0. The summed E-state index contributed by atoms with van der Waals surface area (Å²) in [6.45, 7) is 8.09. The number of anilines is 1. The van der Waals surface area contributed by atoms with Crippen LogP contribution in [0.5, 0.6) is 0 Å². The molecule has 0 unspecified atom stereocenters. The van der Waals surface area contributed by atoms with Crippen LogP contribution < -0.4 is 4.90 Å². The van der Waals surface area contributed by atoms with E-state index in [1.807, 2.05) is 19.3 Å². The van der Waals surface area contributed by atoms with Crippen LogP contribution in [-0.4, -0.2) is 32.3 Å². The molecule has 6 nitrogen and oxygen atoms in total. The molecule has 1 fully saturated rings. The highest BCUT2D eigenvalue weighted by Crippen LogP contribution is 2.26. The van der Waals surface area contributed by atoms with E-state index >= 15 is 0 Å². The highest BCUT2D eigenvalue weighted by molar-refractivity contribution is 5.29. The first-order chi connectivity index (χ1) is 9.65. The van der Waals surface area contributed by atoms with Gasteiger partial charge in [0.15, 0.2) is 5.82 Å². The van der Waals surface area contributed by atoms with Gasteiger partial charge in [-0.15, -0.1) is 0 Å². The molecule has 1 aliphatic rings. The van der Waals surface area contributed by atoms with Gasteiger partial charge in [0, 0.05) is 31.4 Å². The Bertz CT molecular complexity index is 574. The normalized spacial score (nSPS) is 19.2. The summed E-state index contributed by atoms with van der Waals surface area (Å²) in [6.07, 6.45) is 6.19. The SMILES string of the molecule is Cc1nccn1C[C@@H]1CCCN1c1nc(C(C)C)no1. The summed E-state index contributed by atoms with van der Waals surface area (Å²) in [5, 5.41) is 4.06. The first-order valence-corrected chi connectivity index (χ1v) is 7.23. The first-order valence-electron chi connectivity index (χ1n) is 7.23. The molecule has 0 aromatic carbocycles. The van der Waals surface area contributed by atoms with Gasteiger partial charge < -0.3 is 14.0 Å². The fourth-order valence-corrected chi connectivity index (χ4v) is 2.68. The average molecular weight is 275 g/mol. The minimum absolute atomic E-state index is 0.296. The van der Waals surface area contributed by atoms with Crippen molar-refractivity contribution in [2.75, 3.05) is 11.4 Å². The van der Waals surface area contributed by atoms with Gasteiger partial charge in [-0.05, 0) is 19.8 Å². The van der Waals surface area contributed by atoms with Gasteiger partial charge in [-0.25, -0.2) is 4.98 Å². The van der Waals surface area contributed by atoms with Crippen LogP contribution in [0.15, 0.2) is 16.9 Å². The Hall–Kier alpha value is -1.85. The zero-order valence-electron chi connectivity index (χ0n) is 12.3. The molecule has 0 N–H and O–H groups in total. The third-order valence-corrected chi connectivity index (χ3v) is 3.90. The largest absolute Gasteiger partial charge is 0.333 e. The van der Waals surface area contributed by atoms with E-state index in [0.717, 1.165) is 37.6 Å². The van der Waals surface area contributed by atoms with Crippen molar-refractivity contribution < 1.29 is 4.52 Å². The third kappa shape index (κ3) is 2.42. The third-order valence-electron chi connectivity index (χ3n) is 3.90. The Balaban J connectivity index is 1.76. The molecule has 3 rings (SSSR count). The average Bonchev–Trinajstić information content (AvgIpc) is 3.11. The van der Waals surface area contributed by atoms with E-state index in [9.17, 15) is 0 Å². The van der Waals surface area contributed by atoms with Gasteiger partial charge in [0.05, 0.1) is 6.04 Å². The molecular weight excluding hydrogens is 254 g/mol. The van der Waals surface area contributed by atoms with E-state index in [0.29, 0.717) is 18.0 Å². The summed E-state index contributed by atoms with van der Waals surface area (Å²) in [7, 11) is 0. The molecule has 0 radical (unpaired) electrons. The Morgan fingerprint density at radius 1 is 1.45 bits per heavy atom. The fourth-order valence-electron chi connectivity index (χ4n) is 2.68. The van der Waals surface area contributed by atoms with Crippen LogP contribution in [0.2, 0.25) is 0 Å². The fraction of sp³-hybridized carbons (Fsp3) is 0.643. The van der Waals surface area contributed by atoms with E-state index in [1.54, 1.807) is 0 Å². The van der Waals surface area contributed by atoms with Crippen molar-refractivity contribution in [2.45, 2.75) is 52.1 Å². The van der Waals surface area contributed by atoms with Gasteiger partial charge in [0.1, 0.15) is 5.82 Å². The van der Waals surface area contributed by atoms with Gasteiger partial charge in [-0.1, -0.05) is 19.0 Å². The molecular formula is C14H21N5O. The number of imidazole rings is 1. The van der Waals surface area contributed by atoms with Gasteiger partial charge in [0.2, 0.25) is 0 Å². The quantitative estimate of drug-likeness (QED) is 0.857. The van der Waals surface area contributed by atoms with Gasteiger partial charge in [0.25, 0.3) is 0 Å². The number of hydrogen-bond acceptors (Lipinski definition) is 5. The second kappa shape index (κ2) is 5.26.